The largest absolute Gasteiger partial charge is 0.469 e. The number of carbonyl (C=O) groups excluding carboxylic acids is 3. The Morgan fingerprint density at radius 2 is 1.76 bits per heavy atom. The number of ether oxygens (including phenoxy) is 1. The van der Waals surface area contributed by atoms with Gasteiger partial charge in [-0.1, -0.05) is 20.3 Å². The molecule has 0 heterocycles. The minimum absolute atomic E-state index is 0.0317. The van der Waals surface area contributed by atoms with Crippen LogP contribution in [-0.4, -0.2) is 24.6 Å². The predicted octanol–water partition coefficient (Wildman–Crippen LogP) is 3.71. The number of Topliss-reactive ketones (excluding diaryl/α,β-unsaturated/α-hetero) is 2. The molecular weight excluding hydrogens is 316 g/mol. The van der Waals surface area contributed by atoms with Gasteiger partial charge in [-0.15, -0.1) is 0 Å². The van der Waals surface area contributed by atoms with Crippen molar-refractivity contribution in [3.05, 3.63) is 0 Å². The summed E-state index contributed by atoms with van der Waals surface area (Å²) in [5, 5.41) is 0. The van der Waals surface area contributed by atoms with Crippen LogP contribution < -0.4 is 0 Å². The Morgan fingerprint density at radius 3 is 2.44 bits per heavy atom. The zero-order valence-corrected chi connectivity index (χ0v) is 15.9. The maximum atomic E-state index is 13.3. The molecule has 138 valence electrons. The fourth-order valence-electron chi connectivity index (χ4n) is 7.72. The molecule has 6 atom stereocenters. The highest BCUT2D eigenvalue weighted by Crippen LogP contribution is 2.75. The Bertz CT molecular complexity index is 669. The van der Waals surface area contributed by atoms with Gasteiger partial charge in [0.05, 0.1) is 12.5 Å². The van der Waals surface area contributed by atoms with Crippen LogP contribution in [0.1, 0.15) is 72.1 Å². The van der Waals surface area contributed by atoms with E-state index in [-0.39, 0.29) is 39.8 Å². The molecule has 0 radical (unpaired) electrons. The van der Waals surface area contributed by atoms with Crippen LogP contribution in [0.5, 0.6) is 0 Å². The van der Waals surface area contributed by atoms with Gasteiger partial charge < -0.3 is 4.74 Å². The summed E-state index contributed by atoms with van der Waals surface area (Å²) >= 11 is 0. The zero-order valence-electron chi connectivity index (χ0n) is 15.9. The number of ketones is 2. The summed E-state index contributed by atoms with van der Waals surface area (Å²) in [5.74, 6) is 0.206. The van der Waals surface area contributed by atoms with E-state index in [1.807, 2.05) is 6.92 Å². The molecule has 0 amide bonds. The number of rotatable bonds is 1. The number of hydrogen-bond acceptors (Lipinski definition) is 4. The van der Waals surface area contributed by atoms with Gasteiger partial charge in [0.1, 0.15) is 11.6 Å². The molecule has 4 rings (SSSR count). The Kier molecular flexibility index (Phi) is 3.41. The number of hydrogen-bond donors (Lipinski definition) is 0. The maximum absolute atomic E-state index is 13.3. The van der Waals surface area contributed by atoms with Gasteiger partial charge in [0, 0.05) is 24.2 Å². The number of fused-ring (bicyclic) bond motifs is 2. The second kappa shape index (κ2) is 4.95. The minimum atomic E-state index is -0.723. The predicted molar refractivity (Wildman–Crippen MR) is 92.7 cm³/mol. The summed E-state index contributed by atoms with van der Waals surface area (Å²) < 4.78 is 5.14. The Balaban J connectivity index is 1.85. The lowest BCUT2D eigenvalue weighted by atomic mass is 9.38. The van der Waals surface area contributed by atoms with E-state index in [9.17, 15) is 14.4 Å². The highest BCUT2D eigenvalue weighted by atomic mass is 16.5. The Hall–Kier alpha value is -1.19. The van der Waals surface area contributed by atoms with Crippen molar-refractivity contribution in [2.24, 2.45) is 33.5 Å². The molecule has 4 nitrogen and oxygen atoms in total. The highest BCUT2D eigenvalue weighted by molar-refractivity contribution is 5.93. The van der Waals surface area contributed by atoms with Crippen molar-refractivity contribution in [2.45, 2.75) is 72.1 Å². The van der Waals surface area contributed by atoms with Crippen molar-refractivity contribution in [3.8, 4) is 0 Å². The third-order valence-corrected chi connectivity index (χ3v) is 8.94. The van der Waals surface area contributed by atoms with Crippen molar-refractivity contribution in [3.63, 3.8) is 0 Å². The van der Waals surface area contributed by atoms with Crippen molar-refractivity contribution >= 4 is 17.5 Å². The lowest BCUT2D eigenvalue weighted by Crippen LogP contribution is -2.64. The highest BCUT2D eigenvalue weighted by Gasteiger charge is 2.72. The molecule has 4 heteroatoms. The van der Waals surface area contributed by atoms with E-state index in [2.05, 4.69) is 13.8 Å². The van der Waals surface area contributed by atoms with Crippen molar-refractivity contribution in [1.82, 2.24) is 0 Å². The van der Waals surface area contributed by atoms with Gasteiger partial charge in [0.15, 0.2) is 0 Å². The minimum Gasteiger partial charge on any atom is -0.469 e. The molecule has 0 aromatic heterocycles. The van der Waals surface area contributed by atoms with Crippen LogP contribution in [0, 0.1) is 33.5 Å². The molecule has 0 aromatic rings. The molecular formula is C21H30O4. The van der Waals surface area contributed by atoms with Gasteiger partial charge in [-0.25, -0.2) is 0 Å². The van der Waals surface area contributed by atoms with Crippen molar-refractivity contribution in [1.29, 1.82) is 0 Å². The molecule has 1 unspecified atom stereocenters. The average Bonchev–Trinajstić information content (AvgIpc) is 2.88. The molecule has 0 N–H and O–H groups in total. The van der Waals surface area contributed by atoms with E-state index < -0.39 is 5.41 Å². The van der Waals surface area contributed by atoms with Crippen LogP contribution in [0.4, 0.5) is 0 Å². The van der Waals surface area contributed by atoms with Crippen LogP contribution in [0.3, 0.4) is 0 Å². The number of carbonyl (C=O) groups is 3. The molecule has 4 aliphatic carbocycles. The zero-order chi connectivity index (χ0) is 18.3. The molecule has 25 heavy (non-hydrogen) atoms. The van der Waals surface area contributed by atoms with Gasteiger partial charge in [-0.05, 0) is 55.8 Å². The molecule has 4 saturated carbocycles. The molecule has 4 fully saturated rings. The standard InChI is InChI=1S/C21H30O4/c1-18-8-9-21(12-18)13(11-15(18)23)10-14(22)16-19(2,17(24)25-4)6-5-7-20(16,21)3/h13,16H,5-12H2,1-4H3/t13?,16-,18+,19+,20-,21-/m0/s1. The summed E-state index contributed by atoms with van der Waals surface area (Å²) in [5.41, 5.74) is -1.11. The second-order valence-corrected chi connectivity index (χ2v) is 10.0. The molecule has 0 aromatic carbocycles. The Labute approximate surface area is 150 Å². The smallest absolute Gasteiger partial charge is 0.312 e. The summed E-state index contributed by atoms with van der Waals surface area (Å²) in [7, 11) is 1.43. The van der Waals surface area contributed by atoms with Crippen molar-refractivity contribution < 1.29 is 19.1 Å². The summed E-state index contributed by atoms with van der Waals surface area (Å²) in [6.07, 6.45) is 6.55. The lowest BCUT2D eigenvalue weighted by molar-refractivity contribution is -0.197. The third kappa shape index (κ3) is 1.86. The molecule has 0 aliphatic heterocycles. The first-order valence-corrected chi connectivity index (χ1v) is 9.77. The average molecular weight is 346 g/mol. The molecule has 2 bridgehead atoms. The monoisotopic (exact) mass is 346 g/mol. The lowest BCUT2D eigenvalue weighted by Gasteiger charge is -2.64. The van der Waals surface area contributed by atoms with Crippen LogP contribution >= 0.6 is 0 Å². The summed E-state index contributed by atoms with van der Waals surface area (Å²) in [4.78, 5) is 38.6. The second-order valence-electron chi connectivity index (χ2n) is 10.0. The van der Waals surface area contributed by atoms with Gasteiger partial charge in [0.25, 0.3) is 0 Å². The van der Waals surface area contributed by atoms with Crippen LogP contribution in [0.2, 0.25) is 0 Å². The number of esters is 1. The van der Waals surface area contributed by atoms with Gasteiger partial charge >= 0.3 is 5.97 Å². The van der Waals surface area contributed by atoms with Gasteiger partial charge in [-0.3, -0.25) is 14.4 Å². The first-order valence-electron chi connectivity index (χ1n) is 9.77. The first kappa shape index (κ1) is 17.2. The SMILES string of the molecule is COC(=O)[C@]1(C)CCC[C@@]2(C)[C@H]1C(=O)CC1CC(=O)[C@]3(C)CC[C@]12C3. The third-order valence-electron chi connectivity index (χ3n) is 8.94. The van der Waals surface area contributed by atoms with E-state index >= 15 is 0 Å². The fraction of sp³-hybridized carbons (Fsp3) is 0.857. The quantitative estimate of drug-likeness (QED) is 0.679. The first-order chi connectivity index (χ1) is 11.6. The molecule has 0 saturated heterocycles. The molecule has 1 spiro atoms. The Morgan fingerprint density at radius 1 is 1.04 bits per heavy atom. The maximum Gasteiger partial charge on any atom is 0.312 e. The van der Waals surface area contributed by atoms with Gasteiger partial charge in [-0.2, -0.15) is 0 Å². The van der Waals surface area contributed by atoms with Crippen LogP contribution in [0.15, 0.2) is 0 Å². The fourth-order valence-corrected chi connectivity index (χ4v) is 7.72. The van der Waals surface area contributed by atoms with E-state index in [0.29, 0.717) is 18.6 Å². The van der Waals surface area contributed by atoms with E-state index in [1.54, 1.807) is 0 Å². The van der Waals surface area contributed by atoms with Crippen molar-refractivity contribution in [2.75, 3.05) is 7.11 Å². The molecule has 4 aliphatic rings. The normalized spacial score (nSPS) is 51.7. The summed E-state index contributed by atoms with van der Waals surface area (Å²) in [6, 6.07) is 0. The van der Waals surface area contributed by atoms with Gasteiger partial charge in [0.2, 0.25) is 0 Å². The number of methoxy groups -OCH3 is 1. The van der Waals surface area contributed by atoms with Crippen LogP contribution in [-0.2, 0) is 19.1 Å². The van der Waals surface area contributed by atoms with E-state index in [4.69, 9.17) is 4.74 Å². The van der Waals surface area contributed by atoms with E-state index in [0.717, 1.165) is 38.5 Å². The summed E-state index contributed by atoms with van der Waals surface area (Å²) in [6.45, 7) is 6.32. The van der Waals surface area contributed by atoms with Crippen LogP contribution in [0.25, 0.3) is 0 Å². The van der Waals surface area contributed by atoms with E-state index in [1.165, 1.54) is 7.11 Å². The topological polar surface area (TPSA) is 60.4 Å².